The van der Waals surface area contributed by atoms with Crippen LogP contribution in [0.1, 0.15) is 32.6 Å². The number of rotatable bonds is 5. The minimum atomic E-state index is -0.128. The monoisotopic (exact) mass is 422 g/mol. The normalized spacial score (nSPS) is 19.8. The first-order valence-electron chi connectivity index (χ1n) is 11.2. The van der Waals surface area contributed by atoms with Crippen molar-refractivity contribution >= 4 is 17.7 Å². The second-order valence-corrected chi connectivity index (χ2v) is 8.26. The van der Waals surface area contributed by atoms with Gasteiger partial charge < -0.3 is 14.5 Å². The van der Waals surface area contributed by atoms with Gasteiger partial charge in [0.25, 0.3) is 0 Å². The zero-order chi connectivity index (χ0) is 21.6. The maximum atomic E-state index is 13.2. The quantitative estimate of drug-likeness (QED) is 0.689. The lowest BCUT2D eigenvalue weighted by Gasteiger charge is -2.37. The number of likely N-dealkylation sites (tertiary alicyclic amines) is 1. The molecule has 0 N–H and O–H groups in total. The highest BCUT2D eigenvalue weighted by Crippen LogP contribution is 2.27. The molecule has 1 aromatic heterocycles. The van der Waals surface area contributed by atoms with Gasteiger partial charge >= 0.3 is 5.97 Å². The number of hydrogen-bond acceptors (Lipinski definition) is 6. The molecule has 3 heterocycles. The third-order valence-electron chi connectivity index (χ3n) is 6.24. The lowest BCUT2D eigenvalue weighted by atomic mass is 9.92. The van der Waals surface area contributed by atoms with Crippen molar-refractivity contribution in [3.63, 3.8) is 0 Å². The lowest BCUT2D eigenvalue weighted by molar-refractivity contribution is -0.151. The van der Waals surface area contributed by atoms with Crippen LogP contribution in [0.25, 0.3) is 11.3 Å². The number of hydrogen-bond donors (Lipinski definition) is 0. The van der Waals surface area contributed by atoms with E-state index in [0.717, 1.165) is 36.5 Å². The van der Waals surface area contributed by atoms with Gasteiger partial charge in [-0.1, -0.05) is 30.3 Å². The molecule has 0 radical (unpaired) electrons. The van der Waals surface area contributed by atoms with E-state index in [4.69, 9.17) is 4.74 Å². The van der Waals surface area contributed by atoms with Gasteiger partial charge in [0.15, 0.2) is 0 Å². The first-order valence-corrected chi connectivity index (χ1v) is 11.2. The minimum Gasteiger partial charge on any atom is -0.466 e. The summed E-state index contributed by atoms with van der Waals surface area (Å²) in [4.78, 5) is 38.2. The summed E-state index contributed by atoms with van der Waals surface area (Å²) in [5.74, 6) is 0.820. The highest BCUT2D eigenvalue weighted by molar-refractivity contribution is 5.80. The summed E-state index contributed by atoms with van der Waals surface area (Å²) in [7, 11) is 0. The summed E-state index contributed by atoms with van der Waals surface area (Å²) < 4.78 is 5.14. The molecule has 31 heavy (non-hydrogen) atoms. The van der Waals surface area contributed by atoms with Gasteiger partial charge in [0, 0.05) is 37.8 Å². The fourth-order valence-electron chi connectivity index (χ4n) is 4.53. The van der Waals surface area contributed by atoms with Crippen molar-refractivity contribution in [3.05, 3.63) is 42.7 Å². The van der Waals surface area contributed by atoms with E-state index in [1.807, 2.05) is 48.2 Å². The number of carbonyl (C=O) groups is 2. The number of piperidine rings is 2. The standard InChI is InChI=1S/C24H30N4O3/c1-2-31-24(30)19-10-13-27(14-11-19)23(29)20-9-6-12-28(16-20)22-15-21(25-17-26-22)18-7-4-3-5-8-18/h3-5,7-8,15,17,19-20H,2,6,9-14,16H2,1H3. The largest absolute Gasteiger partial charge is 0.466 e. The van der Waals surface area contributed by atoms with Crippen molar-refractivity contribution in [1.29, 1.82) is 0 Å². The smallest absolute Gasteiger partial charge is 0.309 e. The minimum absolute atomic E-state index is 0.0389. The Bertz CT molecular complexity index is 897. The zero-order valence-corrected chi connectivity index (χ0v) is 18.1. The fraction of sp³-hybridized carbons (Fsp3) is 0.500. The first kappa shape index (κ1) is 21.3. The number of amides is 1. The first-order chi connectivity index (χ1) is 15.2. The molecule has 2 fully saturated rings. The average molecular weight is 423 g/mol. The van der Waals surface area contributed by atoms with Crippen LogP contribution in [0.5, 0.6) is 0 Å². The Hall–Kier alpha value is -2.96. The summed E-state index contributed by atoms with van der Waals surface area (Å²) in [5.41, 5.74) is 1.94. The van der Waals surface area contributed by atoms with E-state index in [2.05, 4.69) is 14.9 Å². The fourth-order valence-corrected chi connectivity index (χ4v) is 4.53. The van der Waals surface area contributed by atoms with E-state index in [1.54, 1.807) is 6.33 Å². The predicted octanol–water partition coefficient (Wildman–Crippen LogP) is 3.16. The average Bonchev–Trinajstić information content (AvgIpc) is 2.84. The SMILES string of the molecule is CCOC(=O)C1CCN(C(=O)C2CCCN(c3cc(-c4ccccc4)ncn3)C2)CC1. The van der Waals surface area contributed by atoms with Gasteiger partial charge in [-0.25, -0.2) is 9.97 Å². The molecule has 1 unspecified atom stereocenters. The molecule has 0 spiro atoms. The van der Waals surface area contributed by atoms with E-state index in [1.165, 1.54) is 0 Å². The molecule has 7 nitrogen and oxygen atoms in total. The van der Waals surface area contributed by atoms with Crippen LogP contribution in [0, 0.1) is 11.8 Å². The zero-order valence-electron chi connectivity index (χ0n) is 18.1. The van der Waals surface area contributed by atoms with Crippen molar-refractivity contribution < 1.29 is 14.3 Å². The van der Waals surface area contributed by atoms with Crippen LogP contribution in [0.15, 0.2) is 42.7 Å². The van der Waals surface area contributed by atoms with Crippen LogP contribution in [-0.2, 0) is 14.3 Å². The van der Waals surface area contributed by atoms with Crippen molar-refractivity contribution in [2.45, 2.75) is 32.6 Å². The molecular formula is C24H30N4O3. The summed E-state index contributed by atoms with van der Waals surface area (Å²) in [6, 6.07) is 12.1. The molecule has 2 aliphatic heterocycles. The van der Waals surface area contributed by atoms with Gasteiger partial charge in [0.05, 0.1) is 24.1 Å². The second-order valence-electron chi connectivity index (χ2n) is 8.26. The number of nitrogens with zero attached hydrogens (tertiary/aromatic N) is 4. The molecule has 0 saturated carbocycles. The van der Waals surface area contributed by atoms with Gasteiger partial charge in [-0.3, -0.25) is 9.59 Å². The van der Waals surface area contributed by atoms with Crippen molar-refractivity contribution in [3.8, 4) is 11.3 Å². The Morgan fingerprint density at radius 2 is 1.81 bits per heavy atom. The molecule has 7 heteroatoms. The second kappa shape index (κ2) is 9.90. The molecule has 1 amide bonds. The third-order valence-corrected chi connectivity index (χ3v) is 6.24. The van der Waals surface area contributed by atoms with Crippen molar-refractivity contribution in [1.82, 2.24) is 14.9 Å². The Balaban J connectivity index is 1.38. The molecule has 2 aliphatic rings. The van der Waals surface area contributed by atoms with E-state index < -0.39 is 0 Å². The summed E-state index contributed by atoms with van der Waals surface area (Å²) in [5, 5.41) is 0. The number of esters is 1. The van der Waals surface area contributed by atoms with Gasteiger partial charge in [-0.15, -0.1) is 0 Å². The van der Waals surface area contributed by atoms with Crippen LogP contribution in [-0.4, -0.2) is 59.5 Å². The van der Waals surface area contributed by atoms with Gasteiger partial charge in [-0.05, 0) is 32.6 Å². The molecule has 1 aromatic carbocycles. The number of benzene rings is 1. The lowest BCUT2D eigenvalue weighted by Crippen LogP contribution is -2.48. The topological polar surface area (TPSA) is 75.6 Å². The molecule has 2 saturated heterocycles. The van der Waals surface area contributed by atoms with E-state index >= 15 is 0 Å². The maximum Gasteiger partial charge on any atom is 0.309 e. The van der Waals surface area contributed by atoms with E-state index in [0.29, 0.717) is 39.1 Å². The highest BCUT2D eigenvalue weighted by Gasteiger charge is 2.33. The van der Waals surface area contributed by atoms with Crippen LogP contribution in [0.3, 0.4) is 0 Å². The van der Waals surface area contributed by atoms with Crippen LogP contribution in [0.2, 0.25) is 0 Å². The number of ether oxygens (including phenoxy) is 1. The van der Waals surface area contributed by atoms with Crippen molar-refractivity contribution in [2.24, 2.45) is 11.8 Å². The number of carbonyl (C=O) groups excluding carboxylic acids is 2. The van der Waals surface area contributed by atoms with E-state index in [9.17, 15) is 9.59 Å². The summed E-state index contributed by atoms with van der Waals surface area (Å²) in [6.07, 6.45) is 4.83. The summed E-state index contributed by atoms with van der Waals surface area (Å²) >= 11 is 0. The molecule has 2 aromatic rings. The molecule has 164 valence electrons. The Morgan fingerprint density at radius 3 is 2.55 bits per heavy atom. The summed E-state index contributed by atoms with van der Waals surface area (Å²) in [6.45, 7) is 5.05. The Morgan fingerprint density at radius 1 is 1.03 bits per heavy atom. The molecular weight excluding hydrogens is 392 g/mol. The molecule has 0 aliphatic carbocycles. The Labute approximate surface area is 183 Å². The van der Waals surface area contributed by atoms with Gasteiger partial charge in [0.1, 0.15) is 12.1 Å². The van der Waals surface area contributed by atoms with Gasteiger partial charge in [-0.2, -0.15) is 0 Å². The molecule has 0 bridgehead atoms. The van der Waals surface area contributed by atoms with Crippen molar-refractivity contribution in [2.75, 3.05) is 37.7 Å². The predicted molar refractivity (Wildman–Crippen MR) is 118 cm³/mol. The van der Waals surface area contributed by atoms with Crippen LogP contribution >= 0.6 is 0 Å². The van der Waals surface area contributed by atoms with Crippen LogP contribution in [0.4, 0.5) is 5.82 Å². The maximum absolute atomic E-state index is 13.2. The highest BCUT2D eigenvalue weighted by atomic mass is 16.5. The number of aromatic nitrogens is 2. The Kier molecular flexibility index (Phi) is 6.79. The van der Waals surface area contributed by atoms with Crippen LogP contribution < -0.4 is 4.90 Å². The molecule has 4 rings (SSSR count). The molecule has 1 atom stereocenters. The van der Waals surface area contributed by atoms with E-state index in [-0.39, 0.29) is 23.7 Å². The third kappa shape index (κ3) is 5.03. The van der Waals surface area contributed by atoms with Gasteiger partial charge in [0.2, 0.25) is 5.91 Å². The number of anilines is 1.